The molecule has 3 aromatic rings. The summed E-state index contributed by atoms with van der Waals surface area (Å²) in [6.45, 7) is 2.07. The summed E-state index contributed by atoms with van der Waals surface area (Å²) in [7, 11) is 0. The molecule has 0 spiro atoms. The molecule has 1 aromatic carbocycles. The minimum absolute atomic E-state index is 0.118. The number of aromatic nitrogens is 4. The second kappa shape index (κ2) is 4.43. The molecule has 0 amide bonds. The molecule has 0 radical (unpaired) electrons. The van der Waals surface area contributed by atoms with Gasteiger partial charge in [-0.1, -0.05) is 23.5 Å². The summed E-state index contributed by atoms with van der Waals surface area (Å²) in [5, 5.41) is 8.82. The normalized spacial score (nSPS) is 11.0. The van der Waals surface area contributed by atoms with Gasteiger partial charge >= 0.3 is 0 Å². The summed E-state index contributed by atoms with van der Waals surface area (Å²) in [6.07, 6.45) is 0. The van der Waals surface area contributed by atoms with E-state index in [4.69, 9.17) is 5.73 Å². The molecule has 96 valence electrons. The zero-order chi connectivity index (χ0) is 13.4. The number of aryl methyl sites for hydroxylation is 1. The average molecular weight is 273 g/mol. The molecule has 7 heteroatoms. The van der Waals surface area contributed by atoms with Crippen molar-refractivity contribution in [2.24, 2.45) is 0 Å². The maximum atomic E-state index is 12.2. The van der Waals surface area contributed by atoms with E-state index in [1.165, 1.54) is 11.3 Å². The first kappa shape index (κ1) is 11.8. The third-order valence-electron chi connectivity index (χ3n) is 2.79. The SMILES string of the molecule is Cc1nc2ccccc2n(Cc2nnc(N)s2)c1=O. The Hall–Kier alpha value is -2.28. The largest absolute Gasteiger partial charge is 0.374 e. The van der Waals surface area contributed by atoms with E-state index >= 15 is 0 Å². The maximum Gasteiger partial charge on any atom is 0.272 e. The molecule has 0 aliphatic heterocycles. The molecule has 0 unspecified atom stereocenters. The topological polar surface area (TPSA) is 86.7 Å². The highest BCUT2D eigenvalue weighted by Crippen LogP contribution is 2.15. The van der Waals surface area contributed by atoms with E-state index < -0.39 is 0 Å². The van der Waals surface area contributed by atoms with Crippen LogP contribution in [0.2, 0.25) is 0 Å². The fourth-order valence-corrected chi connectivity index (χ4v) is 2.54. The van der Waals surface area contributed by atoms with Crippen LogP contribution in [0.4, 0.5) is 5.13 Å². The molecule has 2 heterocycles. The highest BCUT2D eigenvalue weighted by atomic mass is 32.1. The van der Waals surface area contributed by atoms with Crippen molar-refractivity contribution in [3.05, 3.63) is 45.3 Å². The molecule has 6 nitrogen and oxygen atoms in total. The number of benzene rings is 1. The van der Waals surface area contributed by atoms with Gasteiger partial charge in [-0.15, -0.1) is 10.2 Å². The van der Waals surface area contributed by atoms with Gasteiger partial charge in [0.25, 0.3) is 5.56 Å². The molecule has 0 fully saturated rings. The molecule has 0 aliphatic rings. The fraction of sp³-hybridized carbons (Fsp3) is 0.167. The zero-order valence-electron chi connectivity index (χ0n) is 10.2. The van der Waals surface area contributed by atoms with Crippen molar-refractivity contribution in [1.82, 2.24) is 19.7 Å². The van der Waals surface area contributed by atoms with Crippen LogP contribution in [0.5, 0.6) is 0 Å². The third-order valence-corrected chi connectivity index (χ3v) is 3.53. The Labute approximate surface area is 112 Å². The van der Waals surface area contributed by atoms with Gasteiger partial charge in [0.05, 0.1) is 17.6 Å². The summed E-state index contributed by atoms with van der Waals surface area (Å²) in [6, 6.07) is 7.52. The maximum absolute atomic E-state index is 12.2. The van der Waals surface area contributed by atoms with E-state index in [0.717, 1.165) is 11.0 Å². The highest BCUT2D eigenvalue weighted by Gasteiger charge is 2.10. The average Bonchev–Trinajstić information content (AvgIpc) is 2.80. The van der Waals surface area contributed by atoms with Gasteiger partial charge in [0.1, 0.15) is 10.7 Å². The molecule has 3 rings (SSSR count). The van der Waals surface area contributed by atoms with Crippen LogP contribution in [0.15, 0.2) is 29.1 Å². The smallest absolute Gasteiger partial charge is 0.272 e. The van der Waals surface area contributed by atoms with Gasteiger partial charge in [0.2, 0.25) is 5.13 Å². The number of hydrogen-bond acceptors (Lipinski definition) is 6. The molecular weight excluding hydrogens is 262 g/mol. The lowest BCUT2D eigenvalue weighted by Crippen LogP contribution is -2.24. The molecule has 2 aromatic heterocycles. The molecule has 0 bridgehead atoms. The van der Waals surface area contributed by atoms with Gasteiger partial charge in [-0.05, 0) is 19.1 Å². The van der Waals surface area contributed by atoms with Gasteiger partial charge < -0.3 is 5.73 Å². The van der Waals surface area contributed by atoms with Crippen molar-refractivity contribution in [3.8, 4) is 0 Å². The Morgan fingerprint density at radius 2 is 2.11 bits per heavy atom. The standard InChI is InChI=1S/C12H11N5OS/c1-7-11(18)17(6-10-15-16-12(13)19-10)9-5-3-2-4-8(9)14-7/h2-5H,6H2,1H3,(H2,13,16). The van der Waals surface area contributed by atoms with Crippen molar-refractivity contribution >= 4 is 27.5 Å². The number of nitrogens with two attached hydrogens (primary N) is 1. The van der Waals surface area contributed by atoms with Crippen LogP contribution in [0, 0.1) is 6.92 Å². The summed E-state index contributed by atoms with van der Waals surface area (Å²) < 4.78 is 1.65. The van der Waals surface area contributed by atoms with Crippen molar-refractivity contribution in [3.63, 3.8) is 0 Å². The Morgan fingerprint density at radius 3 is 2.84 bits per heavy atom. The van der Waals surface area contributed by atoms with Gasteiger partial charge in [-0.3, -0.25) is 9.36 Å². The van der Waals surface area contributed by atoms with Gasteiger partial charge in [-0.2, -0.15) is 0 Å². The van der Waals surface area contributed by atoms with E-state index in [1.54, 1.807) is 11.5 Å². The van der Waals surface area contributed by atoms with E-state index in [9.17, 15) is 4.79 Å². The minimum atomic E-state index is -0.118. The Balaban J connectivity index is 2.21. The monoisotopic (exact) mass is 273 g/mol. The van der Waals surface area contributed by atoms with Gasteiger partial charge in [0, 0.05) is 0 Å². The lowest BCUT2D eigenvalue weighted by atomic mass is 10.3. The molecule has 0 saturated heterocycles. The zero-order valence-corrected chi connectivity index (χ0v) is 11.0. The second-order valence-electron chi connectivity index (χ2n) is 4.11. The van der Waals surface area contributed by atoms with E-state index in [-0.39, 0.29) is 5.56 Å². The first-order valence-corrected chi connectivity index (χ1v) is 6.51. The van der Waals surface area contributed by atoms with Crippen LogP contribution in [-0.2, 0) is 6.54 Å². The number of anilines is 1. The lowest BCUT2D eigenvalue weighted by molar-refractivity contribution is 0.760. The summed E-state index contributed by atoms with van der Waals surface area (Å²) in [4.78, 5) is 16.5. The van der Waals surface area contributed by atoms with Crippen LogP contribution in [0.3, 0.4) is 0 Å². The second-order valence-corrected chi connectivity index (χ2v) is 5.20. The molecule has 2 N–H and O–H groups in total. The third kappa shape index (κ3) is 2.08. The van der Waals surface area contributed by atoms with Crippen LogP contribution >= 0.6 is 11.3 Å². The van der Waals surface area contributed by atoms with Crippen LogP contribution in [0.25, 0.3) is 11.0 Å². The number of rotatable bonds is 2. The highest BCUT2D eigenvalue weighted by molar-refractivity contribution is 7.15. The molecule has 19 heavy (non-hydrogen) atoms. The quantitative estimate of drug-likeness (QED) is 0.757. The van der Waals surface area contributed by atoms with Crippen LogP contribution in [-0.4, -0.2) is 19.7 Å². The summed E-state index contributed by atoms with van der Waals surface area (Å²) in [5.41, 5.74) is 7.48. The number of hydrogen-bond donors (Lipinski definition) is 1. The minimum Gasteiger partial charge on any atom is -0.374 e. The number of nitrogens with zero attached hydrogens (tertiary/aromatic N) is 4. The molecule has 0 atom stereocenters. The first-order chi connectivity index (χ1) is 9.15. The number of fused-ring (bicyclic) bond motifs is 1. The first-order valence-electron chi connectivity index (χ1n) is 5.69. The van der Waals surface area contributed by atoms with Crippen molar-refractivity contribution < 1.29 is 0 Å². The van der Waals surface area contributed by atoms with Crippen molar-refractivity contribution in [2.75, 3.05) is 5.73 Å². The molecule has 0 saturated carbocycles. The summed E-state index contributed by atoms with van der Waals surface area (Å²) >= 11 is 1.28. The molecular formula is C12H11N5OS. The predicted molar refractivity (Wildman–Crippen MR) is 74.2 cm³/mol. The van der Waals surface area contributed by atoms with E-state index in [2.05, 4.69) is 15.2 Å². The molecule has 0 aliphatic carbocycles. The van der Waals surface area contributed by atoms with Crippen molar-refractivity contribution in [1.29, 1.82) is 0 Å². The van der Waals surface area contributed by atoms with Gasteiger partial charge in [-0.25, -0.2) is 4.98 Å². The Bertz CT molecular complexity index is 807. The van der Waals surface area contributed by atoms with Crippen molar-refractivity contribution in [2.45, 2.75) is 13.5 Å². The number of nitrogen functional groups attached to an aromatic ring is 1. The van der Waals surface area contributed by atoms with Gasteiger partial charge in [0.15, 0.2) is 0 Å². The lowest BCUT2D eigenvalue weighted by Gasteiger charge is -2.08. The number of para-hydroxylation sites is 2. The predicted octanol–water partition coefficient (Wildman–Crippen LogP) is 1.19. The van der Waals surface area contributed by atoms with E-state index in [1.807, 2.05) is 24.3 Å². The van der Waals surface area contributed by atoms with Crippen LogP contribution < -0.4 is 11.3 Å². The van der Waals surface area contributed by atoms with E-state index in [0.29, 0.717) is 22.4 Å². The van der Waals surface area contributed by atoms with Crippen LogP contribution in [0.1, 0.15) is 10.7 Å². The Kier molecular flexibility index (Phi) is 2.75. The fourth-order valence-electron chi connectivity index (χ4n) is 1.94. The summed E-state index contributed by atoms with van der Waals surface area (Å²) in [5.74, 6) is 0. The Morgan fingerprint density at radius 1 is 1.32 bits per heavy atom.